The molecule has 0 bridgehead atoms. The molecule has 0 aliphatic carbocycles. The molecule has 0 saturated heterocycles. The Balaban J connectivity index is 3.81. The van der Waals surface area contributed by atoms with Crippen LogP contribution < -0.4 is 0 Å². The molecule has 0 amide bonds. The molecule has 68 valence electrons. The average molecular weight is 177 g/mol. The monoisotopic (exact) mass is 177 g/mol. The standard InChI is InChI=1S/C8H19NOS/c1-7(2)9(6-11)8(3)5-10-4/h7-8,11H,5-6H2,1-4H3. The van der Waals surface area contributed by atoms with Crippen molar-refractivity contribution in [2.75, 3.05) is 19.6 Å². The van der Waals surface area contributed by atoms with Crippen LogP contribution in [0.3, 0.4) is 0 Å². The summed E-state index contributed by atoms with van der Waals surface area (Å²) >= 11 is 4.26. The minimum atomic E-state index is 0.456. The van der Waals surface area contributed by atoms with Gasteiger partial charge in [-0.1, -0.05) is 0 Å². The molecule has 0 aromatic carbocycles. The molecule has 0 aromatic heterocycles. The maximum Gasteiger partial charge on any atom is 0.0615 e. The van der Waals surface area contributed by atoms with E-state index in [0.717, 1.165) is 12.5 Å². The molecule has 11 heavy (non-hydrogen) atoms. The summed E-state index contributed by atoms with van der Waals surface area (Å²) in [6.07, 6.45) is 0. The van der Waals surface area contributed by atoms with Crippen LogP contribution in [-0.2, 0) is 4.74 Å². The number of nitrogens with zero attached hydrogens (tertiary/aromatic N) is 1. The Labute approximate surface area is 75.3 Å². The molecule has 0 aromatic rings. The summed E-state index contributed by atoms with van der Waals surface area (Å²) in [5.74, 6) is 0.794. The molecule has 1 unspecified atom stereocenters. The smallest absolute Gasteiger partial charge is 0.0615 e. The Morgan fingerprint density at radius 1 is 1.36 bits per heavy atom. The van der Waals surface area contributed by atoms with Gasteiger partial charge in [-0.15, -0.1) is 0 Å². The Bertz CT molecular complexity index is 98.1. The zero-order valence-electron chi connectivity index (χ0n) is 7.87. The second-order valence-corrected chi connectivity index (χ2v) is 3.34. The molecule has 0 spiro atoms. The van der Waals surface area contributed by atoms with Crippen molar-refractivity contribution in [3.05, 3.63) is 0 Å². The highest BCUT2D eigenvalue weighted by Crippen LogP contribution is 2.06. The van der Waals surface area contributed by atoms with E-state index >= 15 is 0 Å². The number of ether oxygens (including phenoxy) is 1. The molecule has 0 radical (unpaired) electrons. The van der Waals surface area contributed by atoms with E-state index in [0.29, 0.717) is 12.1 Å². The summed E-state index contributed by atoms with van der Waals surface area (Å²) in [6, 6.07) is 0.996. The average Bonchev–Trinajstić information content (AvgIpc) is 1.88. The van der Waals surface area contributed by atoms with Gasteiger partial charge in [0.2, 0.25) is 0 Å². The Kier molecular flexibility index (Phi) is 6.01. The van der Waals surface area contributed by atoms with Crippen molar-refractivity contribution in [3.63, 3.8) is 0 Å². The number of hydrogen-bond donors (Lipinski definition) is 1. The van der Waals surface area contributed by atoms with Gasteiger partial charge in [0.25, 0.3) is 0 Å². The maximum absolute atomic E-state index is 5.06. The molecule has 1 atom stereocenters. The minimum absolute atomic E-state index is 0.456. The van der Waals surface area contributed by atoms with Gasteiger partial charge < -0.3 is 4.74 Å². The molecule has 0 N–H and O–H groups in total. The van der Waals surface area contributed by atoms with Crippen molar-refractivity contribution in [2.24, 2.45) is 0 Å². The lowest BCUT2D eigenvalue weighted by atomic mass is 10.2. The lowest BCUT2D eigenvalue weighted by molar-refractivity contribution is 0.0944. The summed E-state index contributed by atoms with van der Waals surface area (Å²) in [6.45, 7) is 7.27. The summed E-state index contributed by atoms with van der Waals surface area (Å²) < 4.78 is 5.06. The Morgan fingerprint density at radius 3 is 2.18 bits per heavy atom. The normalized spacial score (nSPS) is 14.5. The summed E-state index contributed by atoms with van der Waals surface area (Å²) in [4.78, 5) is 2.28. The van der Waals surface area contributed by atoms with Crippen LogP contribution in [0.5, 0.6) is 0 Å². The first-order valence-corrected chi connectivity index (χ1v) is 4.62. The number of thiol groups is 1. The largest absolute Gasteiger partial charge is 0.383 e. The van der Waals surface area contributed by atoms with E-state index in [-0.39, 0.29) is 0 Å². The molecular formula is C8H19NOS. The fourth-order valence-corrected chi connectivity index (χ4v) is 1.75. The summed E-state index contributed by atoms with van der Waals surface area (Å²) in [5, 5.41) is 0. The van der Waals surface area contributed by atoms with E-state index in [1.54, 1.807) is 7.11 Å². The van der Waals surface area contributed by atoms with Crippen LogP contribution in [0.25, 0.3) is 0 Å². The molecule has 0 aliphatic rings. The fraction of sp³-hybridized carbons (Fsp3) is 1.00. The van der Waals surface area contributed by atoms with Gasteiger partial charge in [0.15, 0.2) is 0 Å². The molecule has 2 nitrogen and oxygen atoms in total. The number of methoxy groups -OCH3 is 1. The lowest BCUT2D eigenvalue weighted by Gasteiger charge is -2.30. The van der Waals surface area contributed by atoms with Gasteiger partial charge in [-0.05, 0) is 20.8 Å². The quantitative estimate of drug-likeness (QED) is 0.506. The first kappa shape index (κ1) is 11.3. The highest BCUT2D eigenvalue weighted by molar-refractivity contribution is 7.80. The van der Waals surface area contributed by atoms with Crippen molar-refractivity contribution in [1.29, 1.82) is 0 Å². The molecule has 0 saturated carbocycles. The van der Waals surface area contributed by atoms with Crippen molar-refractivity contribution < 1.29 is 4.74 Å². The first-order valence-electron chi connectivity index (χ1n) is 3.99. The number of rotatable bonds is 5. The van der Waals surface area contributed by atoms with Crippen LogP contribution >= 0.6 is 12.6 Å². The third-order valence-electron chi connectivity index (χ3n) is 1.80. The van der Waals surface area contributed by atoms with Crippen LogP contribution in [0, 0.1) is 0 Å². The van der Waals surface area contributed by atoms with E-state index in [1.165, 1.54) is 0 Å². The Morgan fingerprint density at radius 2 is 1.91 bits per heavy atom. The van der Waals surface area contributed by atoms with Crippen molar-refractivity contribution >= 4 is 12.6 Å². The second kappa shape index (κ2) is 5.86. The molecular weight excluding hydrogens is 158 g/mol. The van der Waals surface area contributed by atoms with Gasteiger partial charge in [0.05, 0.1) is 6.61 Å². The van der Waals surface area contributed by atoms with Crippen LogP contribution in [-0.4, -0.2) is 36.6 Å². The van der Waals surface area contributed by atoms with Gasteiger partial charge in [0, 0.05) is 25.1 Å². The number of hydrogen-bond acceptors (Lipinski definition) is 3. The van der Waals surface area contributed by atoms with Crippen LogP contribution in [0.2, 0.25) is 0 Å². The fourth-order valence-electron chi connectivity index (χ4n) is 1.15. The zero-order valence-corrected chi connectivity index (χ0v) is 8.77. The van der Waals surface area contributed by atoms with Crippen molar-refractivity contribution in [3.8, 4) is 0 Å². The van der Waals surface area contributed by atoms with Gasteiger partial charge in [-0.25, -0.2) is 0 Å². The third-order valence-corrected chi connectivity index (χ3v) is 2.13. The maximum atomic E-state index is 5.06. The first-order chi connectivity index (χ1) is 5.13. The summed E-state index contributed by atoms with van der Waals surface area (Å²) in [5.41, 5.74) is 0. The van der Waals surface area contributed by atoms with Crippen molar-refractivity contribution in [2.45, 2.75) is 32.9 Å². The lowest BCUT2D eigenvalue weighted by Crippen LogP contribution is -2.40. The third kappa shape index (κ3) is 3.99. The topological polar surface area (TPSA) is 12.5 Å². The molecule has 0 aliphatic heterocycles. The molecule has 3 heteroatoms. The van der Waals surface area contributed by atoms with Crippen LogP contribution in [0.1, 0.15) is 20.8 Å². The van der Waals surface area contributed by atoms with Crippen LogP contribution in [0.4, 0.5) is 0 Å². The van der Waals surface area contributed by atoms with E-state index in [2.05, 4.69) is 38.3 Å². The van der Waals surface area contributed by atoms with Crippen LogP contribution in [0.15, 0.2) is 0 Å². The summed E-state index contributed by atoms with van der Waals surface area (Å²) in [7, 11) is 1.73. The molecule has 0 fully saturated rings. The van der Waals surface area contributed by atoms with Gasteiger partial charge in [-0.2, -0.15) is 12.6 Å². The minimum Gasteiger partial charge on any atom is -0.383 e. The van der Waals surface area contributed by atoms with Gasteiger partial charge in [-0.3, -0.25) is 4.90 Å². The van der Waals surface area contributed by atoms with Crippen molar-refractivity contribution in [1.82, 2.24) is 4.90 Å². The Hall–Kier alpha value is 0.270. The zero-order chi connectivity index (χ0) is 8.85. The van der Waals surface area contributed by atoms with E-state index in [1.807, 2.05) is 0 Å². The van der Waals surface area contributed by atoms with E-state index in [4.69, 9.17) is 4.74 Å². The van der Waals surface area contributed by atoms with Gasteiger partial charge in [0.1, 0.15) is 0 Å². The van der Waals surface area contributed by atoms with E-state index < -0.39 is 0 Å². The van der Waals surface area contributed by atoms with Gasteiger partial charge >= 0.3 is 0 Å². The van der Waals surface area contributed by atoms with E-state index in [9.17, 15) is 0 Å². The highest BCUT2D eigenvalue weighted by Gasteiger charge is 2.14. The second-order valence-electron chi connectivity index (χ2n) is 3.05. The predicted molar refractivity (Wildman–Crippen MR) is 52.2 cm³/mol. The molecule has 0 heterocycles. The molecule has 0 rings (SSSR count). The predicted octanol–water partition coefficient (Wildman–Crippen LogP) is 1.62. The SMILES string of the molecule is COCC(C)N(CS)C(C)C. The highest BCUT2D eigenvalue weighted by atomic mass is 32.1.